The number of methoxy groups -OCH3 is 1. The lowest BCUT2D eigenvalue weighted by atomic mass is 9.90. The SMILES string of the molecule is COc1cccc(CCNC(=O)c2cccc(CC3CCNCC3)c2)c1. The first-order valence-electron chi connectivity index (χ1n) is 9.45. The van der Waals surface area contributed by atoms with E-state index in [0.717, 1.165) is 48.7 Å². The summed E-state index contributed by atoms with van der Waals surface area (Å²) in [5, 5.41) is 6.43. The van der Waals surface area contributed by atoms with Crippen molar-refractivity contribution in [1.29, 1.82) is 0 Å². The fourth-order valence-electron chi connectivity index (χ4n) is 3.51. The number of hydrogen-bond donors (Lipinski definition) is 2. The van der Waals surface area contributed by atoms with Gasteiger partial charge in [0.15, 0.2) is 0 Å². The highest BCUT2D eigenvalue weighted by Gasteiger charge is 2.14. The predicted octanol–water partition coefficient (Wildman–Crippen LogP) is 3.21. The Bertz CT molecular complexity index is 724. The van der Waals surface area contributed by atoms with Crippen LogP contribution in [0, 0.1) is 5.92 Å². The van der Waals surface area contributed by atoms with Crippen LogP contribution in [0.4, 0.5) is 0 Å². The number of hydrogen-bond acceptors (Lipinski definition) is 3. The van der Waals surface area contributed by atoms with Crippen LogP contribution in [0.15, 0.2) is 48.5 Å². The second-order valence-corrected chi connectivity index (χ2v) is 6.96. The number of carbonyl (C=O) groups is 1. The van der Waals surface area contributed by atoms with E-state index in [1.165, 1.54) is 18.4 Å². The summed E-state index contributed by atoms with van der Waals surface area (Å²) in [5.41, 5.74) is 3.17. The Hall–Kier alpha value is -2.33. The van der Waals surface area contributed by atoms with Gasteiger partial charge in [0, 0.05) is 12.1 Å². The van der Waals surface area contributed by atoms with Crippen LogP contribution in [0.2, 0.25) is 0 Å². The quantitative estimate of drug-likeness (QED) is 0.804. The van der Waals surface area contributed by atoms with Crippen LogP contribution in [-0.4, -0.2) is 32.7 Å². The number of nitrogens with one attached hydrogen (secondary N) is 2. The Kier molecular flexibility index (Phi) is 6.67. The second kappa shape index (κ2) is 9.39. The molecule has 0 saturated carbocycles. The molecule has 0 aliphatic carbocycles. The van der Waals surface area contributed by atoms with E-state index in [1.807, 2.05) is 42.5 Å². The summed E-state index contributed by atoms with van der Waals surface area (Å²) in [7, 11) is 1.66. The third-order valence-corrected chi connectivity index (χ3v) is 5.01. The Morgan fingerprint density at radius 3 is 2.69 bits per heavy atom. The molecule has 0 unspecified atom stereocenters. The summed E-state index contributed by atoms with van der Waals surface area (Å²) in [5.74, 6) is 1.57. The first-order chi connectivity index (χ1) is 12.7. The van der Waals surface area contributed by atoms with Gasteiger partial charge in [0.2, 0.25) is 0 Å². The summed E-state index contributed by atoms with van der Waals surface area (Å²) in [6.07, 6.45) is 4.29. The van der Waals surface area contributed by atoms with Crippen molar-refractivity contribution in [3.63, 3.8) is 0 Å². The van der Waals surface area contributed by atoms with Gasteiger partial charge in [-0.25, -0.2) is 0 Å². The third kappa shape index (κ3) is 5.33. The summed E-state index contributed by atoms with van der Waals surface area (Å²) < 4.78 is 5.24. The standard InChI is InChI=1S/C22H28N2O2/c1-26-21-7-3-4-17(16-21)10-13-24-22(25)20-6-2-5-19(15-20)14-18-8-11-23-12-9-18/h2-7,15-16,18,23H,8-14H2,1H3,(H,24,25). The Balaban J connectivity index is 1.51. The average Bonchev–Trinajstić information content (AvgIpc) is 2.69. The normalized spacial score (nSPS) is 14.8. The van der Waals surface area contributed by atoms with Crippen LogP contribution >= 0.6 is 0 Å². The van der Waals surface area contributed by atoms with E-state index >= 15 is 0 Å². The molecule has 0 radical (unpaired) electrons. The average molecular weight is 352 g/mol. The number of amides is 1. The molecule has 0 aromatic heterocycles. The van der Waals surface area contributed by atoms with Crippen molar-refractivity contribution in [2.24, 2.45) is 5.92 Å². The molecule has 1 aliphatic heterocycles. The summed E-state index contributed by atoms with van der Waals surface area (Å²) >= 11 is 0. The molecule has 3 rings (SSSR count). The number of rotatable bonds is 7. The lowest BCUT2D eigenvalue weighted by Gasteiger charge is -2.22. The minimum atomic E-state index is 0.0000527. The van der Waals surface area contributed by atoms with Gasteiger partial charge in [-0.05, 0) is 80.1 Å². The Labute approximate surface area is 156 Å². The lowest BCUT2D eigenvalue weighted by Crippen LogP contribution is -2.29. The molecule has 2 aromatic rings. The molecule has 4 heteroatoms. The molecule has 2 aromatic carbocycles. The Morgan fingerprint density at radius 2 is 1.88 bits per heavy atom. The summed E-state index contributed by atoms with van der Waals surface area (Å²) in [6.45, 7) is 2.83. The van der Waals surface area contributed by atoms with Gasteiger partial charge < -0.3 is 15.4 Å². The molecule has 1 heterocycles. The lowest BCUT2D eigenvalue weighted by molar-refractivity contribution is 0.0954. The molecule has 4 nitrogen and oxygen atoms in total. The highest BCUT2D eigenvalue weighted by molar-refractivity contribution is 5.94. The molecular formula is C22H28N2O2. The molecule has 138 valence electrons. The first-order valence-corrected chi connectivity index (χ1v) is 9.45. The van der Waals surface area contributed by atoms with Gasteiger partial charge in [-0.1, -0.05) is 24.3 Å². The molecule has 1 saturated heterocycles. The topological polar surface area (TPSA) is 50.4 Å². The number of ether oxygens (including phenoxy) is 1. The van der Waals surface area contributed by atoms with Gasteiger partial charge in [0.1, 0.15) is 5.75 Å². The van der Waals surface area contributed by atoms with Crippen molar-refractivity contribution in [2.75, 3.05) is 26.7 Å². The van der Waals surface area contributed by atoms with E-state index < -0.39 is 0 Å². The van der Waals surface area contributed by atoms with Gasteiger partial charge >= 0.3 is 0 Å². The van der Waals surface area contributed by atoms with Crippen molar-refractivity contribution in [3.8, 4) is 5.75 Å². The summed E-state index contributed by atoms with van der Waals surface area (Å²) in [6, 6.07) is 16.0. The molecule has 0 bridgehead atoms. The zero-order chi connectivity index (χ0) is 18.2. The van der Waals surface area contributed by atoms with E-state index in [4.69, 9.17) is 4.74 Å². The van der Waals surface area contributed by atoms with Gasteiger partial charge in [0.05, 0.1) is 7.11 Å². The number of benzene rings is 2. The fraction of sp³-hybridized carbons (Fsp3) is 0.409. The fourth-order valence-corrected chi connectivity index (χ4v) is 3.51. The Morgan fingerprint density at radius 1 is 1.12 bits per heavy atom. The molecule has 0 atom stereocenters. The van der Waals surface area contributed by atoms with E-state index in [1.54, 1.807) is 7.11 Å². The van der Waals surface area contributed by atoms with Crippen molar-refractivity contribution in [2.45, 2.75) is 25.7 Å². The van der Waals surface area contributed by atoms with Gasteiger partial charge in [0.25, 0.3) is 5.91 Å². The molecule has 2 N–H and O–H groups in total. The van der Waals surface area contributed by atoms with Gasteiger partial charge in [-0.15, -0.1) is 0 Å². The molecule has 1 fully saturated rings. The van der Waals surface area contributed by atoms with Crippen molar-refractivity contribution < 1.29 is 9.53 Å². The maximum atomic E-state index is 12.5. The highest BCUT2D eigenvalue weighted by Crippen LogP contribution is 2.19. The van der Waals surface area contributed by atoms with E-state index in [0.29, 0.717) is 6.54 Å². The van der Waals surface area contributed by atoms with Crippen LogP contribution < -0.4 is 15.4 Å². The van der Waals surface area contributed by atoms with E-state index in [-0.39, 0.29) is 5.91 Å². The largest absolute Gasteiger partial charge is 0.497 e. The third-order valence-electron chi connectivity index (χ3n) is 5.01. The zero-order valence-corrected chi connectivity index (χ0v) is 15.5. The molecule has 26 heavy (non-hydrogen) atoms. The minimum absolute atomic E-state index is 0.0000527. The van der Waals surface area contributed by atoms with Crippen LogP contribution in [0.1, 0.15) is 34.3 Å². The molecule has 1 aliphatic rings. The number of carbonyl (C=O) groups excluding carboxylic acids is 1. The summed E-state index contributed by atoms with van der Waals surface area (Å²) in [4.78, 5) is 12.5. The molecule has 1 amide bonds. The zero-order valence-electron chi connectivity index (χ0n) is 15.5. The monoisotopic (exact) mass is 352 g/mol. The second-order valence-electron chi connectivity index (χ2n) is 6.96. The van der Waals surface area contributed by atoms with Crippen LogP contribution in [0.5, 0.6) is 5.75 Å². The van der Waals surface area contributed by atoms with Crippen molar-refractivity contribution in [3.05, 3.63) is 65.2 Å². The van der Waals surface area contributed by atoms with Crippen molar-refractivity contribution >= 4 is 5.91 Å². The maximum absolute atomic E-state index is 12.5. The first kappa shape index (κ1) is 18.5. The maximum Gasteiger partial charge on any atom is 0.251 e. The van der Waals surface area contributed by atoms with E-state index in [2.05, 4.69) is 16.7 Å². The number of piperidine rings is 1. The smallest absolute Gasteiger partial charge is 0.251 e. The van der Waals surface area contributed by atoms with Crippen molar-refractivity contribution in [1.82, 2.24) is 10.6 Å². The molecule has 0 spiro atoms. The van der Waals surface area contributed by atoms with Crippen LogP contribution in [0.25, 0.3) is 0 Å². The minimum Gasteiger partial charge on any atom is -0.497 e. The molecular weight excluding hydrogens is 324 g/mol. The van der Waals surface area contributed by atoms with Crippen LogP contribution in [-0.2, 0) is 12.8 Å². The predicted molar refractivity (Wildman–Crippen MR) is 105 cm³/mol. The highest BCUT2D eigenvalue weighted by atomic mass is 16.5. The van der Waals surface area contributed by atoms with Crippen LogP contribution in [0.3, 0.4) is 0 Å². The van der Waals surface area contributed by atoms with E-state index in [9.17, 15) is 4.79 Å². The van der Waals surface area contributed by atoms with Gasteiger partial charge in [-0.2, -0.15) is 0 Å². The van der Waals surface area contributed by atoms with Gasteiger partial charge in [-0.3, -0.25) is 4.79 Å².